The van der Waals surface area contributed by atoms with Crippen molar-refractivity contribution in [1.82, 2.24) is 9.21 Å². The van der Waals surface area contributed by atoms with Gasteiger partial charge < -0.3 is 4.90 Å². The minimum Gasteiger partial charge on any atom is -0.338 e. The normalized spacial score (nSPS) is 11.4. The van der Waals surface area contributed by atoms with E-state index in [0.29, 0.717) is 13.1 Å². The molecule has 0 atom stereocenters. The summed E-state index contributed by atoms with van der Waals surface area (Å²) >= 11 is 0. The fourth-order valence-electron chi connectivity index (χ4n) is 1.89. The average Bonchev–Trinajstić information content (AvgIpc) is 2.44. The van der Waals surface area contributed by atoms with E-state index in [1.807, 2.05) is 37.3 Å². The molecule has 0 saturated heterocycles. The molecule has 0 bridgehead atoms. The molecule has 0 radical (unpaired) electrons. The second kappa shape index (κ2) is 7.95. The molecule has 0 aliphatic carbocycles. The smallest absolute Gasteiger partial charge is 0.238 e. The van der Waals surface area contributed by atoms with E-state index in [2.05, 4.69) is 6.58 Å². The summed E-state index contributed by atoms with van der Waals surface area (Å²) in [6, 6.07) is 9.61. The van der Waals surface area contributed by atoms with E-state index in [1.165, 1.54) is 6.08 Å². The highest BCUT2D eigenvalue weighted by Crippen LogP contribution is 2.06. The van der Waals surface area contributed by atoms with Gasteiger partial charge in [-0.2, -0.15) is 4.31 Å². The van der Waals surface area contributed by atoms with Gasteiger partial charge in [0.05, 0.1) is 12.8 Å². The van der Waals surface area contributed by atoms with Crippen molar-refractivity contribution in [2.45, 2.75) is 13.5 Å². The van der Waals surface area contributed by atoms with Crippen molar-refractivity contribution in [3.05, 3.63) is 48.6 Å². The molecule has 0 N–H and O–H groups in total. The molecule has 5 nitrogen and oxygen atoms in total. The Morgan fingerprint density at radius 2 is 1.90 bits per heavy atom. The van der Waals surface area contributed by atoms with Crippen LogP contribution in [0.1, 0.15) is 12.5 Å². The van der Waals surface area contributed by atoms with Crippen LogP contribution in [0.4, 0.5) is 0 Å². The highest BCUT2D eigenvalue weighted by atomic mass is 32.2. The molecule has 0 spiro atoms. The van der Waals surface area contributed by atoms with E-state index in [4.69, 9.17) is 0 Å². The number of carbonyl (C=O) groups excluding carboxylic acids is 1. The Hall–Kier alpha value is -1.66. The number of benzene rings is 1. The van der Waals surface area contributed by atoms with Gasteiger partial charge in [0, 0.05) is 19.6 Å². The first-order valence-electron chi connectivity index (χ1n) is 6.76. The minimum absolute atomic E-state index is 0.132. The summed E-state index contributed by atoms with van der Waals surface area (Å²) in [7, 11) is -3.42. The number of hydrogen-bond acceptors (Lipinski definition) is 3. The molecule has 0 fully saturated rings. The van der Waals surface area contributed by atoms with Gasteiger partial charge in [-0.3, -0.25) is 4.79 Å². The van der Waals surface area contributed by atoms with Crippen LogP contribution >= 0.6 is 0 Å². The Morgan fingerprint density at radius 1 is 1.29 bits per heavy atom. The molecular weight excluding hydrogens is 288 g/mol. The predicted molar refractivity (Wildman–Crippen MR) is 84.1 cm³/mol. The van der Waals surface area contributed by atoms with Gasteiger partial charge in [-0.15, -0.1) is 6.58 Å². The second-order valence-corrected chi connectivity index (χ2v) is 6.72. The lowest BCUT2D eigenvalue weighted by Gasteiger charge is -2.25. The Kier molecular flexibility index (Phi) is 6.58. The van der Waals surface area contributed by atoms with Crippen LogP contribution in [0.15, 0.2) is 43.0 Å². The van der Waals surface area contributed by atoms with Crippen LogP contribution < -0.4 is 0 Å². The third-order valence-electron chi connectivity index (χ3n) is 3.06. The highest BCUT2D eigenvalue weighted by molar-refractivity contribution is 7.88. The molecule has 0 heterocycles. The fraction of sp³-hybridized carbons (Fsp3) is 0.400. The maximum Gasteiger partial charge on any atom is 0.238 e. The number of amides is 1. The van der Waals surface area contributed by atoms with Crippen molar-refractivity contribution in [2.75, 3.05) is 25.9 Å². The van der Waals surface area contributed by atoms with Crippen molar-refractivity contribution in [3.63, 3.8) is 0 Å². The monoisotopic (exact) mass is 310 g/mol. The number of sulfonamides is 1. The Morgan fingerprint density at radius 3 is 2.38 bits per heavy atom. The maximum absolute atomic E-state index is 12.3. The van der Waals surface area contributed by atoms with Crippen molar-refractivity contribution >= 4 is 15.9 Å². The molecule has 1 rings (SSSR count). The highest BCUT2D eigenvalue weighted by Gasteiger charge is 2.21. The van der Waals surface area contributed by atoms with E-state index in [1.54, 1.807) is 4.90 Å². The van der Waals surface area contributed by atoms with Gasteiger partial charge >= 0.3 is 0 Å². The summed E-state index contributed by atoms with van der Waals surface area (Å²) in [5, 5.41) is 0. The van der Waals surface area contributed by atoms with E-state index < -0.39 is 10.0 Å². The summed E-state index contributed by atoms with van der Waals surface area (Å²) in [5.74, 6) is -0.214. The number of rotatable bonds is 8. The third kappa shape index (κ3) is 5.69. The quantitative estimate of drug-likeness (QED) is 0.683. The molecular formula is C15H22N2O3S. The van der Waals surface area contributed by atoms with Crippen molar-refractivity contribution in [2.24, 2.45) is 0 Å². The molecule has 1 aromatic rings. The molecule has 0 aromatic heterocycles. The first kappa shape index (κ1) is 17.4. The van der Waals surface area contributed by atoms with Gasteiger partial charge in [0.1, 0.15) is 0 Å². The summed E-state index contributed by atoms with van der Waals surface area (Å²) in [6.45, 7) is 6.37. The zero-order valence-electron chi connectivity index (χ0n) is 12.5. The van der Waals surface area contributed by atoms with Crippen LogP contribution in [0.2, 0.25) is 0 Å². The standard InChI is InChI=1S/C15H22N2O3S/c1-4-11-17(21(3,19)20)13-15(18)16(5-2)12-14-9-7-6-8-10-14/h4,6-10H,1,5,11-13H2,2-3H3. The summed E-state index contributed by atoms with van der Waals surface area (Å²) in [4.78, 5) is 13.9. The van der Waals surface area contributed by atoms with Gasteiger partial charge in [0.2, 0.25) is 15.9 Å². The molecule has 0 aliphatic heterocycles. The molecule has 1 amide bonds. The van der Waals surface area contributed by atoms with E-state index in [0.717, 1.165) is 16.1 Å². The SMILES string of the molecule is C=CCN(CC(=O)N(CC)Cc1ccccc1)S(C)(=O)=O. The van der Waals surface area contributed by atoms with Crippen LogP contribution in [0.3, 0.4) is 0 Å². The lowest BCUT2D eigenvalue weighted by Crippen LogP contribution is -2.42. The molecule has 0 unspecified atom stereocenters. The average molecular weight is 310 g/mol. The van der Waals surface area contributed by atoms with Gasteiger partial charge in [-0.05, 0) is 12.5 Å². The topological polar surface area (TPSA) is 57.7 Å². The molecule has 6 heteroatoms. The number of hydrogen-bond donors (Lipinski definition) is 0. The zero-order valence-corrected chi connectivity index (χ0v) is 13.3. The van der Waals surface area contributed by atoms with E-state index in [9.17, 15) is 13.2 Å². The number of carbonyl (C=O) groups is 1. The third-order valence-corrected chi connectivity index (χ3v) is 4.28. The first-order valence-corrected chi connectivity index (χ1v) is 8.61. The van der Waals surface area contributed by atoms with E-state index in [-0.39, 0.29) is 19.0 Å². The van der Waals surface area contributed by atoms with Crippen LogP contribution in [-0.4, -0.2) is 49.4 Å². The molecule has 1 aromatic carbocycles. The fourth-order valence-corrected chi connectivity index (χ4v) is 2.61. The summed E-state index contributed by atoms with van der Waals surface area (Å²) in [6.07, 6.45) is 2.57. The van der Waals surface area contributed by atoms with E-state index >= 15 is 0 Å². The minimum atomic E-state index is -3.42. The first-order chi connectivity index (χ1) is 9.88. The Bertz CT molecular complexity index is 570. The van der Waals surface area contributed by atoms with Gasteiger partial charge in [0.25, 0.3) is 0 Å². The Labute approximate surface area is 126 Å². The van der Waals surface area contributed by atoms with Gasteiger partial charge in [0.15, 0.2) is 0 Å². The van der Waals surface area contributed by atoms with Gasteiger partial charge in [-0.25, -0.2) is 8.42 Å². The summed E-state index contributed by atoms with van der Waals surface area (Å²) in [5.41, 5.74) is 1.02. The van der Waals surface area contributed by atoms with Crippen LogP contribution in [0.25, 0.3) is 0 Å². The number of likely N-dealkylation sites (N-methyl/N-ethyl adjacent to an activating group) is 1. The molecule has 0 aliphatic rings. The van der Waals surface area contributed by atoms with Crippen molar-refractivity contribution in [3.8, 4) is 0 Å². The van der Waals surface area contributed by atoms with Crippen LogP contribution in [0.5, 0.6) is 0 Å². The lowest BCUT2D eigenvalue weighted by molar-refractivity contribution is -0.131. The number of nitrogens with zero attached hydrogens (tertiary/aromatic N) is 2. The largest absolute Gasteiger partial charge is 0.338 e. The lowest BCUT2D eigenvalue weighted by atomic mass is 10.2. The molecule has 0 saturated carbocycles. The zero-order chi connectivity index (χ0) is 15.9. The van der Waals surface area contributed by atoms with Gasteiger partial charge in [-0.1, -0.05) is 36.4 Å². The molecule has 116 valence electrons. The van der Waals surface area contributed by atoms with Crippen molar-refractivity contribution in [1.29, 1.82) is 0 Å². The predicted octanol–water partition coefficient (Wildman–Crippen LogP) is 1.48. The van der Waals surface area contributed by atoms with Crippen LogP contribution in [-0.2, 0) is 21.4 Å². The van der Waals surface area contributed by atoms with Crippen LogP contribution in [0, 0.1) is 0 Å². The Balaban J connectivity index is 2.76. The molecule has 21 heavy (non-hydrogen) atoms. The maximum atomic E-state index is 12.3. The second-order valence-electron chi connectivity index (χ2n) is 4.74. The summed E-state index contributed by atoms with van der Waals surface area (Å²) < 4.78 is 24.4. The van der Waals surface area contributed by atoms with Crippen molar-refractivity contribution < 1.29 is 13.2 Å².